The second-order valence-corrected chi connectivity index (χ2v) is 8.13. The van der Waals surface area contributed by atoms with E-state index in [0.717, 1.165) is 17.5 Å². The Morgan fingerprint density at radius 1 is 0.767 bits per heavy atom. The average Bonchev–Trinajstić information content (AvgIpc) is 3.03. The highest BCUT2D eigenvalue weighted by Gasteiger charge is 2.28. The maximum atomic E-state index is 12.7. The van der Waals surface area contributed by atoms with Crippen LogP contribution in [-0.2, 0) is 0 Å². The highest BCUT2D eigenvalue weighted by atomic mass is 16.5. The minimum Gasteiger partial charge on any atom is -0.494 e. The summed E-state index contributed by atoms with van der Waals surface area (Å²) in [5.74, 6) is -0.459. The molecule has 1 aliphatic carbocycles. The number of rotatable bonds is 13. The van der Waals surface area contributed by atoms with Gasteiger partial charge in [-0.3, -0.25) is 4.79 Å². The first-order valence-electron chi connectivity index (χ1n) is 11.3. The van der Waals surface area contributed by atoms with Gasteiger partial charge >= 0.3 is 5.97 Å². The van der Waals surface area contributed by atoms with Crippen molar-refractivity contribution in [3.05, 3.63) is 53.1 Å². The van der Waals surface area contributed by atoms with Crippen molar-refractivity contribution in [2.45, 2.75) is 71.1 Å². The number of hydrogen-bond acceptors (Lipinski definition) is 3. The highest BCUT2D eigenvalue weighted by molar-refractivity contribution is 6.22. The molecule has 0 aromatic heterocycles. The van der Waals surface area contributed by atoms with Crippen molar-refractivity contribution in [2.75, 3.05) is 6.61 Å². The average molecular weight is 409 g/mol. The van der Waals surface area contributed by atoms with Crippen LogP contribution in [0.4, 0.5) is 0 Å². The topological polar surface area (TPSA) is 63.6 Å². The van der Waals surface area contributed by atoms with Gasteiger partial charge in [-0.1, -0.05) is 70.8 Å². The normalized spacial score (nSPS) is 12.0. The second kappa shape index (κ2) is 11.0. The lowest BCUT2D eigenvalue weighted by Gasteiger charge is -2.08. The molecule has 0 heterocycles. The van der Waals surface area contributed by atoms with Crippen LogP contribution in [0.5, 0.6) is 5.75 Å². The SMILES string of the molecule is CCCCCCCCCCCCOc1ccc2c(c1)C(=O)c1cc(C(=O)O)ccc1-2. The lowest BCUT2D eigenvalue weighted by Crippen LogP contribution is -2.01. The fourth-order valence-corrected chi connectivity index (χ4v) is 4.06. The van der Waals surface area contributed by atoms with Gasteiger partial charge in [0.15, 0.2) is 5.78 Å². The Morgan fingerprint density at radius 2 is 1.33 bits per heavy atom. The summed E-state index contributed by atoms with van der Waals surface area (Å²) in [4.78, 5) is 23.9. The van der Waals surface area contributed by atoms with Crippen molar-refractivity contribution in [1.82, 2.24) is 0 Å². The summed E-state index contributed by atoms with van der Waals surface area (Å²) >= 11 is 0. The molecule has 4 heteroatoms. The van der Waals surface area contributed by atoms with Gasteiger partial charge in [-0.15, -0.1) is 0 Å². The van der Waals surface area contributed by atoms with E-state index >= 15 is 0 Å². The predicted molar refractivity (Wildman–Crippen MR) is 120 cm³/mol. The maximum Gasteiger partial charge on any atom is 0.335 e. The minimum absolute atomic E-state index is 0.132. The zero-order valence-corrected chi connectivity index (χ0v) is 17.9. The standard InChI is InChI=1S/C26H32O4/c1-2-3-4-5-6-7-8-9-10-11-16-30-20-13-15-22-21-14-12-19(26(28)29)17-23(21)25(27)24(22)18-20/h12-15,17-18H,2-11,16H2,1H3,(H,28,29). The number of hydrogen-bond donors (Lipinski definition) is 1. The van der Waals surface area contributed by atoms with Crippen molar-refractivity contribution in [3.8, 4) is 16.9 Å². The number of ketones is 1. The number of benzene rings is 2. The Bertz CT molecular complexity index is 885. The molecule has 0 bridgehead atoms. The minimum atomic E-state index is -1.03. The number of ether oxygens (including phenoxy) is 1. The van der Waals surface area contributed by atoms with E-state index in [2.05, 4.69) is 6.92 Å². The molecule has 3 rings (SSSR count). The Morgan fingerprint density at radius 3 is 1.97 bits per heavy atom. The molecule has 0 saturated heterocycles. The third-order valence-corrected chi connectivity index (χ3v) is 5.80. The first-order chi connectivity index (χ1) is 14.6. The summed E-state index contributed by atoms with van der Waals surface area (Å²) in [5, 5.41) is 9.16. The van der Waals surface area contributed by atoms with E-state index < -0.39 is 5.97 Å². The molecular weight excluding hydrogens is 376 g/mol. The maximum absolute atomic E-state index is 12.7. The summed E-state index contributed by atoms with van der Waals surface area (Å²) in [7, 11) is 0. The molecule has 1 N–H and O–H groups in total. The largest absolute Gasteiger partial charge is 0.494 e. The number of carbonyl (C=O) groups excluding carboxylic acids is 1. The van der Waals surface area contributed by atoms with Gasteiger partial charge in [0.1, 0.15) is 5.75 Å². The van der Waals surface area contributed by atoms with Crippen molar-refractivity contribution in [3.63, 3.8) is 0 Å². The fraction of sp³-hybridized carbons (Fsp3) is 0.462. The van der Waals surface area contributed by atoms with Gasteiger partial charge in [-0.05, 0) is 47.9 Å². The Kier molecular flexibility index (Phi) is 8.06. The number of carbonyl (C=O) groups is 2. The molecule has 0 radical (unpaired) electrons. The molecule has 160 valence electrons. The smallest absolute Gasteiger partial charge is 0.335 e. The lowest BCUT2D eigenvalue weighted by atomic mass is 10.0. The van der Waals surface area contributed by atoms with Crippen LogP contribution < -0.4 is 4.74 Å². The summed E-state index contributed by atoms with van der Waals surface area (Å²) in [6.07, 6.45) is 12.8. The zero-order chi connectivity index (χ0) is 21.3. The van der Waals surface area contributed by atoms with Gasteiger partial charge in [-0.25, -0.2) is 4.79 Å². The van der Waals surface area contributed by atoms with Crippen LogP contribution in [0, 0.1) is 0 Å². The second-order valence-electron chi connectivity index (χ2n) is 8.13. The number of fused-ring (bicyclic) bond motifs is 3. The number of carboxylic acid groups (broad SMARTS) is 1. The Balaban J connectivity index is 1.42. The molecule has 0 spiro atoms. The zero-order valence-electron chi connectivity index (χ0n) is 17.9. The predicted octanol–water partition coefficient (Wildman–Crippen LogP) is 6.90. The lowest BCUT2D eigenvalue weighted by molar-refractivity contribution is 0.0697. The third kappa shape index (κ3) is 5.50. The van der Waals surface area contributed by atoms with Crippen LogP contribution in [0.1, 0.15) is 97.4 Å². The Hall–Kier alpha value is -2.62. The van der Waals surface area contributed by atoms with Gasteiger partial charge in [0.25, 0.3) is 0 Å². The van der Waals surface area contributed by atoms with Crippen molar-refractivity contribution in [2.24, 2.45) is 0 Å². The van der Waals surface area contributed by atoms with Crippen LogP contribution in [-0.4, -0.2) is 23.5 Å². The third-order valence-electron chi connectivity index (χ3n) is 5.80. The molecule has 0 atom stereocenters. The van der Waals surface area contributed by atoms with E-state index in [1.54, 1.807) is 18.2 Å². The molecule has 0 unspecified atom stereocenters. The van der Waals surface area contributed by atoms with Crippen molar-refractivity contribution < 1.29 is 19.4 Å². The summed E-state index contributed by atoms with van der Waals surface area (Å²) in [6, 6.07) is 10.3. The highest BCUT2D eigenvalue weighted by Crippen LogP contribution is 2.38. The van der Waals surface area contributed by atoms with Crippen LogP contribution in [0.3, 0.4) is 0 Å². The fourth-order valence-electron chi connectivity index (χ4n) is 4.06. The number of carboxylic acids is 1. The van der Waals surface area contributed by atoms with Crippen LogP contribution in [0.15, 0.2) is 36.4 Å². The van der Waals surface area contributed by atoms with Gasteiger partial charge in [0.05, 0.1) is 12.2 Å². The van der Waals surface area contributed by atoms with Crippen LogP contribution >= 0.6 is 0 Å². The Labute approximate surface area is 179 Å². The van der Waals surface area contributed by atoms with Crippen molar-refractivity contribution in [1.29, 1.82) is 0 Å². The van der Waals surface area contributed by atoms with Gasteiger partial charge in [0, 0.05) is 11.1 Å². The molecule has 1 aliphatic rings. The monoisotopic (exact) mass is 408 g/mol. The van der Waals surface area contributed by atoms with E-state index in [4.69, 9.17) is 9.84 Å². The van der Waals surface area contributed by atoms with Crippen molar-refractivity contribution >= 4 is 11.8 Å². The van der Waals surface area contributed by atoms with E-state index in [-0.39, 0.29) is 11.3 Å². The quantitative estimate of drug-likeness (QED) is 0.313. The number of aromatic carboxylic acids is 1. The molecule has 0 amide bonds. The number of unbranched alkanes of at least 4 members (excludes halogenated alkanes) is 9. The summed E-state index contributed by atoms with van der Waals surface area (Å²) < 4.78 is 5.87. The molecule has 0 aliphatic heterocycles. The van der Waals surface area contributed by atoms with E-state index in [1.807, 2.05) is 12.1 Å². The van der Waals surface area contributed by atoms with Gasteiger partial charge < -0.3 is 9.84 Å². The molecule has 4 nitrogen and oxygen atoms in total. The van der Waals surface area contributed by atoms with Gasteiger partial charge in [-0.2, -0.15) is 0 Å². The summed E-state index contributed by atoms with van der Waals surface area (Å²) in [5.41, 5.74) is 2.82. The molecule has 2 aromatic carbocycles. The van der Waals surface area contributed by atoms with Gasteiger partial charge in [0.2, 0.25) is 0 Å². The molecular formula is C26H32O4. The van der Waals surface area contributed by atoms with E-state index in [0.29, 0.717) is 23.5 Å². The molecule has 0 fully saturated rings. The molecule has 2 aromatic rings. The molecule has 0 saturated carbocycles. The van der Waals surface area contributed by atoms with E-state index in [1.165, 1.54) is 63.9 Å². The van der Waals surface area contributed by atoms with E-state index in [9.17, 15) is 9.59 Å². The summed E-state index contributed by atoms with van der Waals surface area (Å²) in [6.45, 7) is 2.90. The first kappa shape index (κ1) is 22.1. The first-order valence-corrected chi connectivity index (χ1v) is 11.3. The van der Waals surface area contributed by atoms with Crippen LogP contribution in [0.2, 0.25) is 0 Å². The molecule has 30 heavy (non-hydrogen) atoms. The van der Waals surface area contributed by atoms with Crippen LogP contribution in [0.25, 0.3) is 11.1 Å².